The van der Waals surface area contributed by atoms with Gasteiger partial charge in [-0.25, -0.2) is 0 Å². The van der Waals surface area contributed by atoms with Crippen molar-refractivity contribution in [2.45, 2.75) is 18.9 Å². The van der Waals surface area contributed by atoms with Crippen LogP contribution in [0.15, 0.2) is 24.5 Å². The minimum atomic E-state index is 0.154. The molecular formula is C10H15N3O. The molecule has 0 radical (unpaired) electrons. The van der Waals surface area contributed by atoms with E-state index in [1.807, 2.05) is 36.5 Å². The van der Waals surface area contributed by atoms with E-state index in [4.69, 9.17) is 0 Å². The quantitative estimate of drug-likeness (QED) is 0.762. The summed E-state index contributed by atoms with van der Waals surface area (Å²) >= 11 is 0. The predicted octanol–water partition coefficient (Wildman–Crippen LogP) is 0.652. The molecule has 0 bridgehead atoms. The van der Waals surface area contributed by atoms with Crippen molar-refractivity contribution < 1.29 is 4.79 Å². The third-order valence-electron chi connectivity index (χ3n) is 2.51. The van der Waals surface area contributed by atoms with Crippen LogP contribution in [-0.4, -0.2) is 35.1 Å². The maximum atomic E-state index is 11.6. The number of aromatic nitrogens is 1. The Morgan fingerprint density at radius 2 is 2.14 bits per heavy atom. The molecule has 0 unspecified atom stereocenters. The third kappa shape index (κ3) is 2.07. The van der Waals surface area contributed by atoms with Crippen LogP contribution in [0.3, 0.4) is 0 Å². The Kier molecular flexibility index (Phi) is 2.43. The lowest BCUT2D eigenvalue weighted by Crippen LogP contribution is -2.35. The molecule has 1 fully saturated rings. The molecule has 2 rings (SSSR count). The van der Waals surface area contributed by atoms with E-state index in [0.29, 0.717) is 12.6 Å². The standard InChI is InChI=1S/C10H15N3O/c1-12(9-4-5-9)10(14)8-11-13-6-2-3-7-13/h2-3,6-7,9,11H,4-5,8H2,1H3. The summed E-state index contributed by atoms with van der Waals surface area (Å²) in [5.74, 6) is 0.154. The van der Waals surface area contributed by atoms with Crippen LogP contribution in [0.25, 0.3) is 0 Å². The Morgan fingerprint density at radius 1 is 1.50 bits per heavy atom. The fourth-order valence-corrected chi connectivity index (χ4v) is 1.39. The number of likely N-dealkylation sites (N-methyl/N-ethyl adjacent to an activating group) is 1. The Bertz CT molecular complexity index is 303. The second kappa shape index (κ2) is 3.74. The second-order valence-corrected chi connectivity index (χ2v) is 3.66. The first-order valence-corrected chi connectivity index (χ1v) is 4.90. The zero-order chi connectivity index (χ0) is 9.97. The van der Waals surface area contributed by atoms with Crippen molar-refractivity contribution >= 4 is 5.91 Å². The molecule has 1 aromatic rings. The first-order chi connectivity index (χ1) is 6.77. The van der Waals surface area contributed by atoms with Crippen molar-refractivity contribution in [3.8, 4) is 0 Å². The normalized spacial score (nSPS) is 15.2. The molecule has 1 saturated carbocycles. The van der Waals surface area contributed by atoms with Gasteiger partial charge in [-0.3, -0.25) is 9.47 Å². The fraction of sp³-hybridized carbons (Fsp3) is 0.500. The van der Waals surface area contributed by atoms with Gasteiger partial charge in [0.25, 0.3) is 0 Å². The first-order valence-electron chi connectivity index (χ1n) is 4.90. The summed E-state index contributed by atoms with van der Waals surface area (Å²) in [7, 11) is 1.87. The molecule has 1 heterocycles. The van der Waals surface area contributed by atoms with Crippen LogP contribution in [-0.2, 0) is 4.79 Å². The van der Waals surface area contributed by atoms with Crippen molar-refractivity contribution in [2.75, 3.05) is 19.0 Å². The number of amides is 1. The highest BCUT2D eigenvalue weighted by Crippen LogP contribution is 2.25. The largest absolute Gasteiger partial charge is 0.341 e. The van der Waals surface area contributed by atoms with E-state index in [1.54, 1.807) is 4.68 Å². The Hall–Kier alpha value is -1.45. The molecule has 4 heteroatoms. The predicted molar refractivity (Wildman–Crippen MR) is 54.5 cm³/mol. The molecule has 1 aromatic heterocycles. The van der Waals surface area contributed by atoms with Crippen LogP contribution < -0.4 is 5.43 Å². The molecule has 1 amide bonds. The number of hydrogen-bond donors (Lipinski definition) is 1. The number of nitrogens with zero attached hydrogens (tertiary/aromatic N) is 2. The maximum Gasteiger partial charge on any atom is 0.243 e. The van der Waals surface area contributed by atoms with Crippen molar-refractivity contribution in [1.29, 1.82) is 0 Å². The lowest BCUT2D eigenvalue weighted by molar-refractivity contribution is -0.128. The zero-order valence-corrected chi connectivity index (χ0v) is 8.31. The van der Waals surface area contributed by atoms with Gasteiger partial charge >= 0.3 is 0 Å². The molecule has 4 nitrogen and oxygen atoms in total. The van der Waals surface area contributed by atoms with Gasteiger partial charge in [0.1, 0.15) is 6.54 Å². The van der Waals surface area contributed by atoms with E-state index < -0.39 is 0 Å². The van der Waals surface area contributed by atoms with Gasteiger partial charge in [-0.2, -0.15) is 0 Å². The van der Waals surface area contributed by atoms with Crippen molar-refractivity contribution in [2.24, 2.45) is 0 Å². The monoisotopic (exact) mass is 193 g/mol. The fourth-order valence-electron chi connectivity index (χ4n) is 1.39. The molecule has 14 heavy (non-hydrogen) atoms. The lowest BCUT2D eigenvalue weighted by Gasteiger charge is -2.17. The average molecular weight is 193 g/mol. The van der Waals surface area contributed by atoms with Crippen LogP contribution in [0.5, 0.6) is 0 Å². The smallest absolute Gasteiger partial charge is 0.243 e. The Labute approximate surface area is 83.5 Å². The van der Waals surface area contributed by atoms with Crippen molar-refractivity contribution in [1.82, 2.24) is 9.58 Å². The molecule has 0 spiro atoms. The molecule has 0 atom stereocenters. The van der Waals surface area contributed by atoms with Crippen molar-refractivity contribution in [3.05, 3.63) is 24.5 Å². The first kappa shape index (κ1) is 9.12. The summed E-state index contributed by atoms with van der Waals surface area (Å²) in [4.78, 5) is 13.4. The van der Waals surface area contributed by atoms with Gasteiger partial charge in [0.2, 0.25) is 5.91 Å². The van der Waals surface area contributed by atoms with E-state index in [2.05, 4.69) is 5.43 Å². The topological polar surface area (TPSA) is 37.3 Å². The van der Waals surface area contributed by atoms with E-state index in [0.717, 1.165) is 12.8 Å². The number of hydrogen-bond acceptors (Lipinski definition) is 2. The average Bonchev–Trinajstić information content (AvgIpc) is 2.91. The van der Waals surface area contributed by atoms with Gasteiger partial charge < -0.3 is 10.3 Å². The highest BCUT2D eigenvalue weighted by Gasteiger charge is 2.29. The van der Waals surface area contributed by atoms with Gasteiger partial charge in [-0.1, -0.05) is 0 Å². The van der Waals surface area contributed by atoms with E-state index in [1.165, 1.54) is 0 Å². The van der Waals surface area contributed by atoms with Crippen LogP contribution in [0.4, 0.5) is 0 Å². The molecule has 76 valence electrons. The van der Waals surface area contributed by atoms with Gasteiger partial charge in [0, 0.05) is 25.5 Å². The van der Waals surface area contributed by atoms with Crippen LogP contribution in [0, 0.1) is 0 Å². The third-order valence-corrected chi connectivity index (χ3v) is 2.51. The lowest BCUT2D eigenvalue weighted by atomic mass is 10.5. The highest BCUT2D eigenvalue weighted by atomic mass is 16.2. The molecule has 0 aliphatic heterocycles. The van der Waals surface area contributed by atoms with Gasteiger partial charge in [-0.05, 0) is 25.0 Å². The molecule has 0 aromatic carbocycles. The van der Waals surface area contributed by atoms with Crippen LogP contribution in [0.1, 0.15) is 12.8 Å². The number of carbonyl (C=O) groups excluding carboxylic acids is 1. The molecule has 1 aliphatic carbocycles. The molecular weight excluding hydrogens is 178 g/mol. The van der Waals surface area contributed by atoms with E-state index >= 15 is 0 Å². The Balaban J connectivity index is 1.77. The minimum Gasteiger partial charge on any atom is -0.341 e. The highest BCUT2D eigenvalue weighted by molar-refractivity contribution is 5.79. The van der Waals surface area contributed by atoms with E-state index in [9.17, 15) is 4.79 Å². The van der Waals surface area contributed by atoms with Gasteiger partial charge in [0.05, 0.1) is 0 Å². The Morgan fingerprint density at radius 3 is 2.71 bits per heavy atom. The minimum absolute atomic E-state index is 0.154. The van der Waals surface area contributed by atoms with Crippen molar-refractivity contribution in [3.63, 3.8) is 0 Å². The second-order valence-electron chi connectivity index (χ2n) is 3.66. The summed E-state index contributed by atoms with van der Waals surface area (Å²) in [5, 5.41) is 0. The summed E-state index contributed by atoms with van der Waals surface area (Å²) in [6.07, 6.45) is 6.08. The number of rotatable bonds is 4. The molecule has 0 saturated heterocycles. The summed E-state index contributed by atoms with van der Waals surface area (Å²) < 4.78 is 1.79. The summed E-state index contributed by atoms with van der Waals surface area (Å²) in [5.41, 5.74) is 3.01. The molecule has 1 aliphatic rings. The summed E-state index contributed by atoms with van der Waals surface area (Å²) in [6.45, 7) is 0.363. The SMILES string of the molecule is CN(C(=O)CNn1cccc1)C1CC1. The van der Waals surface area contributed by atoms with Gasteiger partial charge in [0.15, 0.2) is 0 Å². The maximum absolute atomic E-state index is 11.6. The van der Waals surface area contributed by atoms with Crippen LogP contribution >= 0.6 is 0 Å². The van der Waals surface area contributed by atoms with E-state index in [-0.39, 0.29) is 5.91 Å². The zero-order valence-electron chi connectivity index (χ0n) is 8.31. The number of nitrogens with one attached hydrogen (secondary N) is 1. The molecule has 1 N–H and O–H groups in total. The number of carbonyl (C=O) groups is 1. The van der Waals surface area contributed by atoms with Gasteiger partial charge in [-0.15, -0.1) is 0 Å². The van der Waals surface area contributed by atoms with Crippen LogP contribution in [0.2, 0.25) is 0 Å². The summed E-state index contributed by atoms with van der Waals surface area (Å²) in [6, 6.07) is 4.33.